The highest BCUT2D eigenvalue weighted by Gasteiger charge is 2.20. The number of thiazole rings is 1. The standard InChI is InChI=1S/C13H12N2O5S/c1-7-8(2)21-12(14-7)6-20-9-3-4-11(15(18)19)10(5-9)13(16)17/h3-5H,6H2,1-2H3,(H,16,17). The van der Waals surface area contributed by atoms with Crippen molar-refractivity contribution < 1.29 is 19.6 Å². The predicted molar refractivity (Wildman–Crippen MR) is 76.0 cm³/mol. The molecule has 1 aromatic heterocycles. The molecule has 1 aromatic carbocycles. The molecule has 0 unspecified atom stereocenters. The second kappa shape index (κ2) is 5.88. The van der Waals surface area contributed by atoms with E-state index >= 15 is 0 Å². The van der Waals surface area contributed by atoms with Gasteiger partial charge in [-0.05, 0) is 19.9 Å². The average Bonchev–Trinajstić information content (AvgIpc) is 2.75. The van der Waals surface area contributed by atoms with Crippen LogP contribution in [0, 0.1) is 24.0 Å². The SMILES string of the molecule is Cc1nc(COc2ccc([N+](=O)[O-])c(C(=O)O)c2)sc1C. The van der Waals surface area contributed by atoms with Crippen LogP contribution in [0.1, 0.15) is 25.9 Å². The molecule has 0 bridgehead atoms. The van der Waals surface area contributed by atoms with Crippen LogP contribution in [0.2, 0.25) is 0 Å². The minimum absolute atomic E-state index is 0.191. The first-order valence-electron chi connectivity index (χ1n) is 5.96. The van der Waals surface area contributed by atoms with Crippen molar-refractivity contribution in [2.24, 2.45) is 0 Å². The fraction of sp³-hybridized carbons (Fsp3) is 0.231. The minimum Gasteiger partial charge on any atom is -0.486 e. The normalized spacial score (nSPS) is 10.4. The van der Waals surface area contributed by atoms with Gasteiger partial charge in [0, 0.05) is 17.0 Å². The molecular formula is C13H12N2O5S. The van der Waals surface area contributed by atoms with Crippen molar-refractivity contribution in [3.63, 3.8) is 0 Å². The summed E-state index contributed by atoms with van der Waals surface area (Å²) in [7, 11) is 0. The van der Waals surface area contributed by atoms with Gasteiger partial charge in [0.25, 0.3) is 5.69 Å². The van der Waals surface area contributed by atoms with Crippen LogP contribution in [-0.2, 0) is 6.61 Å². The van der Waals surface area contributed by atoms with Crippen LogP contribution in [0.5, 0.6) is 5.75 Å². The Morgan fingerprint density at radius 2 is 2.19 bits per heavy atom. The molecule has 0 spiro atoms. The Hall–Kier alpha value is -2.48. The van der Waals surface area contributed by atoms with Crippen molar-refractivity contribution in [1.82, 2.24) is 4.98 Å². The fourth-order valence-electron chi connectivity index (χ4n) is 1.68. The van der Waals surface area contributed by atoms with E-state index in [-0.39, 0.29) is 12.4 Å². The molecule has 0 saturated carbocycles. The van der Waals surface area contributed by atoms with Crippen LogP contribution in [-0.4, -0.2) is 21.0 Å². The van der Waals surface area contributed by atoms with E-state index in [4.69, 9.17) is 9.84 Å². The van der Waals surface area contributed by atoms with Gasteiger partial charge in [-0.2, -0.15) is 0 Å². The maximum atomic E-state index is 11.0. The summed E-state index contributed by atoms with van der Waals surface area (Å²) in [6, 6.07) is 3.64. The lowest BCUT2D eigenvalue weighted by Crippen LogP contribution is -2.04. The highest BCUT2D eigenvalue weighted by atomic mass is 32.1. The van der Waals surface area contributed by atoms with E-state index in [2.05, 4.69) is 4.98 Å². The summed E-state index contributed by atoms with van der Waals surface area (Å²) in [6.07, 6.45) is 0. The number of carboxylic acids is 1. The quantitative estimate of drug-likeness (QED) is 0.673. The molecule has 7 nitrogen and oxygen atoms in total. The first-order valence-corrected chi connectivity index (χ1v) is 6.77. The number of nitrogens with zero attached hydrogens (tertiary/aromatic N) is 2. The average molecular weight is 308 g/mol. The van der Waals surface area contributed by atoms with Crippen molar-refractivity contribution in [3.05, 3.63) is 49.5 Å². The second-order valence-corrected chi connectivity index (χ2v) is 5.57. The molecule has 1 N–H and O–H groups in total. The van der Waals surface area contributed by atoms with E-state index in [9.17, 15) is 14.9 Å². The molecule has 1 heterocycles. The highest BCUT2D eigenvalue weighted by Crippen LogP contribution is 2.25. The molecule has 0 saturated heterocycles. The van der Waals surface area contributed by atoms with E-state index in [0.717, 1.165) is 27.7 Å². The lowest BCUT2D eigenvalue weighted by molar-refractivity contribution is -0.385. The van der Waals surface area contributed by atoms with Crippen LogP contribution >= 0.6 is 11.3 Å². The molecule has 0 atom stereocenters. The Morgan fingerprint density at radius 1 is 1.48 bits per heavy atom. The molecule has 0 amide bonds. The Labute approximate surface area is 124 Å². The highest BCUT2D eigenvalue weighted by molar-refractivity contribution is 7.11. The maximum absolute atomic E-state index is 11.0. The van der Waals surface area contributed by atoms with Gasteiger partial charge in [0.2, 0.25) is 0 Å². The van der Waals surface area contributed by atoms with Gasteiger partial charge in [0.05, 0.1) is 10.6 Å². The zero-order chi connectivity index (χ0) is 15.6. The Morgan fingerprint density at radius 3 is 2.71 bits per heavy atom. The first-order chi connectivity index (χ1) is 9.88. The van der Waals surface area contributed by atoms with Crippen LogP contribution in [0.25, 0.3) is 0 Å². The number of aryl methyl sites for hydroxylation is 2. The molecule has 21 heavy (non-hydrogen) atoms. The summed E-state index contributed by atoms with van der Waals surface area (Å²) in [5, 5.41) is 20.5. The zero-order valence-electron chi connectivity index (χ0n) is 11.3. The largest absolute Gasteiger partial charge is 0.486 e. The van der Waals surface area contributed by atoms with Crippen molar-refractivity contribution in [2.45, 2.75) is 20.5 Å². The minimum atomic E-state index is -1.37. The Bertz CT molecular complexity index is 691. The molecule has 8 heteroatoms. The summed E-state index contributed by atoms with van der Waals surface area (Å²) in [5.74, 6) is -1.11. The lowest BCUT2D eigenvalue weighted by atomic mass is 10.1. The van der Waals surface area contributed by atoms with Gasteiger partial charge in [-0.25, -0.2) is 9.78 Å². The van der Waals surface area contributed by atoms with Gasteiger partial charge >= 0.3 is 5.97 Å². The lowest BCUT2D eigenvalue weighted by Gasteiger charge is -2.05. The van der Waals surface area contributed by atoms with Crippen molar-refractivity contribution in [3.8, 4) is 5.75 Å². The number of hydrogen-bond donors (Lipinski definition) is 1. The predicted octanol–water partition coefficient (Wildman–Crippen LogP) is 2.95. The number of nitro groups is 1. The van der Waals surface area contributed by atoms with Crippen LogP contribution < -0.4 is 4.74 Å². The number of aromatic nitrogens is 1. The number of hydrogen-bond acceptors (Lipinski definition) is 6. The van der Waals surface area contributed by atoms with E-state index in [1.54, 1.807) is 0 Å². The number of ether oxygens (including phenoxy) is 1. The smallest absolute Gasteiger partial charge is 0.342 e. The van der Waals surface area contributed by atoms with Crippen molar-refractivity contribution in [2.75, 3.05) is 0 Å². The number of carbonyl (C=O) groups is 1. The molecular weight excluding hydrogens is 296 g/mol. The number of nitro benzene ring substituents is 1. The third kappa shape index (κ3) is 3.34. The number of aromatic carboxylic acids is 1. The van der Waals surface area contributed by atoms with E-state index in [0.29, 0.717) is 0 Å². The topological polar surface area (TPSA) is 103 Å². The van der Waals surface area contributed by atoms with Gasteiger partial charge < -0.3 is 9.84 Å². The van der Waals surface area contributed by atoms with E-state index in [1.807, 2.05) is 13.8 Å². The van der Waals surface area contributed by atoms with E-state index in [1.165, 1.54) is 17.4 Å². The van der Waals surface area contributed by atoms with Crippen LogP contribution in [0.4, 0.5) is 5.69 Å². The molecule has 0 radical (unpaired) electrons. The summed E-state index contributed by atoms with van der Waals surface area (Å²) >= 11 is 1.49. The van der Waals surface area contributed by atoms with Crippen LogP contribution in [0.3, 0.4) is 0 Å². The summed E-state index contributed by atoms with van der Waals surface area (Å²) < 4.78 is 5.45. The molecule has 0 aliphatic heterocycles. The molecule has 2 rings (SSSR count). The van der Waals surface area contributed by atoms with Gasteiger partial charge in [-0.3, -0.25) is 10.1 Å². The summed E-state index contributed by atoms with van der Waals surface area (Å²) in [5.41, 5.74) is 0.0633. The fourth-order valence-corrected chi connectivity index (χ4v) is 2.53. The summed E-state index contributed by atoms with van der Waals surface area (Å²) in [4.78, 5) is 26.4. The molecule has 0 aliphatic carbocycles. The third-order valence-electron chi connectivity index (χ3n) is 2.83. The molecule has 2 aromatic rings. The third-order valence-corrected chi connectivity index (χ3v) is 3.88. The number of carboxylic acid groups (broad SMARTS) is 1. The Kier molecular flexibility index (Phi) is 4.18. The molecule has 0 fully saturated rings. The van der Waals surface area contributed by atoms with Gasteiger partial charge in [0.15, 0.2) is 0 Å². The van der Waals surface area contributed by atoms with Crippen molar-refractivity contribution >= 4 is 23.0 Å². The summed E-state index contributed by atoms with van der Waals surface area (Å²) in [6.45, 7) is 4.03. The number of rotatable bonds is 5. The van der Waals surface area contributed by atoms with E-state index < -0.39 is 22.1 Å². The maximum Gasteiger partial charge on any atom is 0.342 e. The zero-order valence-corrected chi connectivity index (χ0v) is 12.1. The van der Waals surface area contributed by atoms with Gasteiger partial charge in [-0.15, -0.1) is 11.3 Å². The number of benzene rings is 1. The molecule has 0 aliphatic rings. The Balaban J connectivity index is 2.19. The first kappa shape index (κ1) is 14.9. The van der Waals surface area contributed by atoms with Crippen LogP contribution in [0.15, 0.2) is 18.2 Å². The molecule has 110 valence electrons. The monoisotopic (exact) mass is 308 g/mol. The second-order valence-electron chi connectivity index (χ2n) is 4.28. The van der Waals surface area contributed by atoms with Crippen molar-refractivity contribution in [1.29, 1.82) is 0 Å². The van der Waals surface area contributed by atoms with Gasteiger partial charge in [-0.1, -0.05) is 0 Å². The van der Waals surface area contributed by atoms with Gasteiger partial charge in [0.1, 0.15) is 22.9 Å².